The van der Waals surface area contributed by atoms with Gasteiger partial charge in [-0.15, -0.1) is 0 Å². The number of carbonyl (C=O) groups excluding carboxylic acids is 2. The van der Waals surface area contributed by atoms with Crippen LogP contribution in [0.4, 0.5) is 17.5 Å². The van der Waals surface area contributed by atoms with Crippen LogP contribution in [-0.2, 0) is 30.6 Å². The summed E-state index contributed by atoms with van der Waals surface area (Å²) in [4.78, 5) is 40.4. The van der Waals surface area contributed by atoms with Crippen LogP contribution in [0.5, 0.6) is 5.75 Å². The zero-order valence-corrected chi connectivity index (χ0v) is 27.4. The highest BCUT2D eigenvalue weighted by atomic mass is 32.2. The van der Waals surface area contributed by atoms with E-state index in [0.29, 0.717) is 44.9 Å². The molecule has 2 fully saturated rings. The van der Waals surface area contributed by atoms with Gasteiger partial charge in [0.2, 0.25) is 11.9 Å². The molecule has 3 aliphatic rings. The summed E-state index contributed by atoms with van der Waals surface area (Å²) in [6, 6.07) is 8.04. The number of ether oxygens (including phenoxy) is 2. The summed E-state index contributed by atoms with van der Waals surface area (Å²) < 4.78 is 34.4. The highest BCUT2D eigenvalue weighted by molar-refractivity contribution is 7.90. The second-order valence-electron chi connectivity index (χ2n) is 12.7. The van der Waals surface area contributed by atoms with Crippen LogP contribution in [0.3, 0.4) is 0 Å². The molecule has 3 heterocycles. The van der Waals surface area contributed by atoms with E-state index in [1.807, 2.05) is 37.2 Å². The second kappa shape index (κ2) is 14.8. The SMILES string of the molecule is CN(C)CC(=O)OC1CCN(C(=O)C2CCC(Nc3nccc(N4CCc5c(OCCCS(C)(=O)=O)cccc54)n3)CC2)CC1. The monoisotopic (exact) mass is 642 g/mol. The fourth-order valence-electron chi connectivity index (χ4n) is 6.45. The van der Waals surface area contributed by atoms with Crippen molar-refractivity contribution in [2.75, 3.05) is 69.1 Å². The number of benzene rings is 1. The highest BCUT2D eigenvalue weighted by Gasteiger charge is 2.33. The Kier molecular flexibility index (Phi) is 10.8. The first kappa shape index (κ1) is 32.9. The first-order chi connectivity index (χ1) is 21.6. The van der Waals surface area contributed by atoms with E-state index in [-0.39, 0.29) is 42.2 Å². The molecule has 12 nitrogen and oxygen atoms in total. The lowest BCUT2D eigenvalue weighted by molar-refractivity contribution is -0.153. The summed E-state index contributed by atoms with van der Waals surface area (Å²) in [5.74, 6) is 2.31. The second-order valence-corrected chi connectivity index (χ2v) is 14.9. The van der Waals surface area contributed by atoms with Crippen LogP contribution in [0.2, 0.25) is 0 Å². The molecule has 1 amide bonds. The molecule has 0 spiro atoms. The number of aromatic nitrogens is 2. The van der Waals surface area contributed by atoms with Gasteiger partial charge >= 0.3 is 5.97 Å². The third-order valence-corrected chi connectivity index (χ3v) is 9.76. The van der Waals surface area contributed by atoms with Crippen molar-refractivity contribution in [1.82, 2.24) is 19.8 Å². The number of rotatable bonds is 12. The number of likely N-dealkylation sites (N-methyl/N-ethyl adjacent to an activating group) is 1. The molecule has 1 aliphatic carbocycles. The standard InChI is InChI=1S/C32H46N6O6S/c1-36(2)22-30(39)44-25-13-17-37(18-14-25)31(40)23-8-10-24(11-9-23)34-32-33-16-12-29(35-32)38-19-15-26-27(38)6-4-7-28(26)43-20-5-21-45(3,41)42/h4,6-7,12,16,23-25H,5,8-11,13-15,17-22H2,1-3H3,(H,33,34,35). The van der Waals surface area contributed by atoms with Crippen LogP contribution in [0.1, 0.15) is 50.5 Å². The number of likely N-dealkylation sites (tertiary alicyclic amines) is 1. The van der Waals surface area contributed by atoms with E-state index in [1.165, 1.54) is 6.26 Å². The van der Waals surface area contributed by atoms with E-state index in [0.717, 1.165) is 61.5 Å². The Morgan fingerprint density at radius 1 is 1.04 bits per heavy atom. The normalized spacial score (nSPS) is 20.6. The van der Waals surface area contributed by atoms with E-state index in [4.69, 9.17) is 14.5 Å². The van der Waals surface area contributed by atoms with Crippen molar-refractivity contribution in [3.05, 3.63) is 36.0 Å². The van der Waals surface area contributed by atoms with Crippen molar-refractivity contribution in [2.45, 2.75) is 63.5 Å². The van der Waals surface area contributed by atoms with E-state index >= 15 is 0 Å². The minimum Gasteiger partial charge on any atom is -0.493 e. The summed E-state index contributed by atoms with van der Waals surface area (Å²) in [6.07, 6.45) is 8.92. The molecule has 5 rings (SSSR count). The molecular formula is C32H46N6O6S. The molecule has 1 aromatic heterocycles. The number of sulfone groups is 1. The van der Waals surface area contributed by atoms with Gasteiger partial charge in [0.15, 0.2) is 0 Å². The third-order valence-electron chi connectivity index (χ3n) is 8.73. The average molecular weight is 643 g/mol. The summed E-state index contributed by atoms with van der Waals surface area (Å²) in [5, 5.41) is 3.50. The predicted octanol–water partition coefficient (Wildman–Crippen LogP) is 3.05. The largest absolute Gasteiger partial charge is 0.493 e. The lowest BCUT2D eigenvalue weighted by Crippen LogP contribution is -2.45. The van der Waals surface area contributed by atoms with Crippen molar-refractivity contribution in [3.8, 4) is 5.75 Å². The Hall–Kier alpha value is -3.45. The van der Waals surface area contributed by atoms with Gasteiger partial charge in [-0.1, -0.05) is 6.07 Å². The van der Waals surface area contributed by atoms with Gasteiger partial charge in [-0.3, -0.25) is 14.5 Å². The third kappa shape index (κ3) is 9.06. The van der Waals surface area contributed by atoms with E-state index in [1.54, 1.807) is 11.1 Å². The van der Waals surface area contributed by atoms with Crippen molar-refractivity contribution in [1.29, 1.82) is 0 Å². The first-order valence-electron chi connectivity index (χ1n) is 16.0. The summed E-state index contributed by atoms with van der Waals surface area (Å²) >= 11 is 0. The van der Waals surface area contributed by atoms with Crippen molar-refractivity contribution in [3.63, 3.8) is 0 Å². The molecule has 0 radical (unpaired) electrons. The van der Waals surface area contributed by atoms with Gasteiger partial charge in [0.25, 0.3) is 0 Å². The van der Waals surface area contributed by atoms with Crippen LogP contribution >= 0.6 is 0 Å². The summed E-state index contributed by atoms with van der Waals surface area (Å²) in [7, 11) is 0.674. The fraction of sp³-hybridized carbons (Fsp3) is 0.625. The lowest BCUT2D eigenvalue weighted by Gasteiger charge is -2.36. The molecule has 0 bridgehead atoms. The Morgan fingerprint density at radius 2 is 1.80 bits per heavy atom. The molecule has 0 unspecified atom stereocenters. The molecule has 1 saturated heterocycles. The minimum absolute atomic E-state index is 0.0204. The number of carbonyl (C=O) groups is 2. The van der Waals surface area contributed by atoms with Crippen molar-refractivity contribution >= 4 is 39.2 Å². The first-order valence-corrected chi connectivity index (χ1v) is 18.0. The van der Waals surface area contributed by atoms with Crippen LogP contribution in [0.15, 0.2) is 30.5 Å². The molecule has 246 valence electrons. The van der Waals surface area contributed by atoms with E-state index < -0.39 is 9.84 Å². The number of anilines is 3. The molecule has 2 aliphatic heterocycles. The van der Waals surface area contributed by atoms with Crippen molar-refractivity contribution in [2.24, 2.45) is 5.92 Å². The number of fused-ring (bicyclic) bond motifs is 1. The zero-order valence-electron chi connectivity index (χ0n) is 26.6. The number of hydrogen-bond acceptors (Lipinski definition) is 11. The summed E-state index contributed by atoms with van der Waals surface area (Å²) in [6.45, 7) is 2.65. The topological polar surface area (TPSA) is 134 Å². The maximum absolute atomic E-state index is 13.2. The Balaban J connectivity index is 1.09. The Morgan fingerprint density at radius 3 is 2.51 bits per heavy atom. The predicted molar refractivity (Wildman–Crippen MR) is 173 cm³/mol. The number of esters is 1. The van der Waals surface area contributed by atoms with Gasteiger partial charge in [-0.05, 0) is 70.8 Å². The van der Waals surface area contributed by atoms with Gasteiger partial charge < -0.3 is 24.6 Å². The number of hydrogen-bond donors (Lipinski definition) is 1. The molecule has 1 aromatic carbocycles. The van der Waals surface area contributed by atoms with E-state index in [9.17, 15) is 18.0 Å². The quantitative estimate of drug-likeness (QED) is 0.271. The molecular weight excluding hydrogens is 596 g/mol. The Labute approximate surface area is 266 Å². The van der Waals surface area contributed by atoms with Gasteiger partial charge in [-0.2, -0.15) is 4.98 Å². The van der Waals surface area contributed by atoms with Crippen LogP contribution in [0.25, 0.3) is 0 Å². The maximum atomic E-state index is 13.2. The lowest BCUT2D eigenvalue weighted by atomic mass is 9.85. The van der Waals surface area contributed by atoms with Crippen LogP contribution < -0.4 is 15.0 Å². The number of nitrogens with one attached hydrogen (secondary N) is 1. The van der Waals surface area contributed by atoms with Gasteiger partial charge in [-0.25, -0.2) is 13.4 Å². The van der Waals surface area contributed by atoms with Gasteiger partial charge in [0, 0.05) is 68.1 Å². The van der Waals surface area contributed by atoms with Crippen LogP contribution in [0, 0.1) is 5.92 Å². The van der Waals surface area contributed by atoms with E-state index in [2.05, 4.69) is 21.3 Å². The molecule has 45 heavy (non-hydrogen) atoms. The maximum Gasteiger partial charge on any atom is 0.320 e. The van der Waals surface area contributed by atoms with Crippen molar-refractivity contribution < 1.29 is 27.5 Å². The van der Waals surface area contributed by atoms with Gasteiger partial charge in [0.1, 0.15) is 27.5 Å². The number of nitrogens with zero attached hydrogens (tertiary/aromatic N) is 5. The molecule has 1 saturated carbocycles. The smallest absolute Gasteiger partial charge is 0.320 e. The fourth-order valence-corrected chi connectivity index (χ4v) is 7.09. The van der Waals surface area contributed by atoms with Gasteiger partial charge in [0.05, 0.1) is 18.9 Å². The zero-order chi connectivity index (χ0) is 32.0. The molecule has 13 heteroatoms. The summed E-state index contributed by atoms with van der Waals surface area (Å²) in [5.41, 5.74) is 2.14. The minimum atomic E-state index is -3.01. The van der Waals surface area contributed by atoms with Crippen LogP contribution in [-0.4, -0.2) is 111 Å². The number of piperidine rings is 1. The Bertz CT molecular complexity index is 1440. The molecule has 0 atom stereocenters. The average Bonchev–Trinajstić information content (AvgIpc) is 3.44. The number of amides is 1. The highest BCUT2D eigenvalue weighted by Crippen LogP contribution is 2.39. The molecule has 2 aromatic rings. The molecule has 1 N–H and O–H groups in total.